The Bertz CT molecular complexity index is 229. The molecule has 1 nitrogen and oxygen atoms in total. The van der Waals surface area contributed by atoms with Crippen LogP contribution in [0.4, 0.5) is 0 Å². The van der Waals surface area contributed by atoms with Crippen LogP contribution < -0.4 is 5.46 Å². The van der Waals surface area contributed by atoms with Gasteiger partial charge in [-0.1, -0.05) is 22.6 Å². The molecule has 0 bridgehead atoms. The third-order valence-electron chi connectivity index (χ3n) is 2.32. The molecule has 0 aliphatic rings. The maximum absolute atomic E-state index is 9.44. The van der Waals surface area contributed by atoms with Gasteiger partial charge in [-0.2, -0.15) is 0 Å². The van der Waals surface area contributed by atoms with Gasteiger partial charge in [0.25, 0.3) is 0 Å². The summed E-state index contributed by atoms with van der Waals surface area (Å²) in [6.45, 7) is 5.67. The minimum absolute atomic E-state index is 0.00253. The Morgan fingerprint density at radius 2 is 1.58 bits per heavy atom. The number of phenols is 1. The molecule has 0 aliphatic carbocycles. The minimum Gasteiger partial charge on any atom is -0.507 e. The van der Waals surface area contributed by atoms with E-state index in [2.05, 4.69) is 0 Å². The van der Waals surface area contributed by atoms with Gasteiger partial charge in [-0.3, -0.25) is 0 Å². The molecule has 0 heterocycles. The van der Waals surface area contributed by atoms with Crippen LogP contribution in [0.1, 0.15) is 16.7 Å². The van der Waals surface area contributed by atoms with Crippen LogP contribution in [-0.2, 0) is 0 Å². The van der Waals surface area contributed by atoms with E-state index in [0.717, 1.165) is 16.7 Å². The summed E-state index contributed by atoms with van der Waals surface area (Å²) in [6, 6.07) is 0. The van der Waals surface area contributed by atoms with Gasteiger partial charge >= 0.3 is 0 Å². The Morgan fingerprint density at radius 1 is 1.08 bits per heavy atom. The standard InChI is InChI=1S/C9H10BClO/c1-4-5(2)7(10)9(12)8(11)6(4)3/h12H,1-3H3. The molecule has 0 spiro atoms. The molecule has 1 N–H and O–H groups in total. The maximum Gasteiger partial charge on any atom is 0.127 e. The van der Waals surface area contributed by atoms with Gasteiger partial charge in [0.2, 0.25) is 0 Å². The normalized spacial score (nSPS) is 10.3. The number of hydrogen-bond acceptors (Lipinski definition) is 1. The smallest absolute Gasteiger partial charge is 0.127 e. The molecule has 0 fully saturated rings. The Hall–Kier alpha value is -0.625. The van der Waals surface area contributed by atoms with Gasteiger partial charge in [0, 0.05) is 0 Å². The second-order valence-corrected chi connectivity index (χ2v) is 3.33. The van der Waals surface area contributed by atoms with E-state index in [1.54, 1.807) is 0 Å². The highest BCUT2D eigenvalue weighted by Gasteiger charge is 2.11. The lowest BCUT2D eigenvalue weighted by molar-refractivity contribution is 0.479. The van der Waals surface area contributed by atoms with Gasteiger partial charge in [0.05, 0.1) is 5.02 Å². The third-order valence-corrected chi connectivity index (χ3v) is 2.78. The van der Waals surface area contributed by atoms with Crippen LogP contribution in [0.25, 0.3) is 0 Å². The van der Waals surface area contributed by atoms with Crippen molar-refractivity contribution in [3.8, 4) is 5.75 Å². The zero-order chi connectivity index (χ0) is 9.46. The Kier molecular flexibility index (Phi) is 2.38. The van der Waals surface area contributed by atoms with Crippen molar-refractivity contribution in [3.05, 3.63) is 21.7 Å². The van der Waals surface area contributed by atoms with Gasteiger partial charge in [-0.25, -0.2) is 0 Å². The predicted molar refractivity (Wildman–Crippen MR) is 52.7 cm³/mol. The molecule has 0 unspecified atom stereocenters. The largest absolute Gasteiger partial charge is 0.507 e. The zero-order valence-corrected chi connectivity index (χ0v) is 8.16. The van der Waals surface area contributed by atoms with Gasteiger partial charge in [-0.05, 0) is 31.9 Å². The van der Waals surface area contributed by atoms with Crippen LogP contribution in [-0.4, -0.2) is 13.0 Å². The van der Waals surface area contributed by atoms with Crippen molar-refractivity contribution in [2.75, 3.05) is 0 Å². The Labute approximate surface area is 78.8 Å². The van der Waals surface area contributed by atoms with E-state index in [4.69, 9.17) is 19.4 Å². The number of aromatic hydroxyl groups is 1. The highest BCUT2D eigenvalue weighted by molar-refractivity contribution is 6.40. The van der Waals surface area contributed by atoms with Gasteiger partial charge < -0.3 is 5.11 Å². The summed E-state index contributed by atoms with van der Waals surface area (Å²) in [7, 11) is 5.62. The van der Waals surface area contributed by atoms with Crippen molar-refractivity contribution in [2.24, 2.45) is 0 Å². The van der Waals surface area contributed by atoms with Crippen molar-refractivity contribution in [1.29, 1.82) is 0 Å². The first kappa shape index (κ1) is 9.46. The first-order valence-electron chi connectivity index (χ1n) is 3.70. The average Bonchev–Trinajstić information content (AvgIpc) is 2.08. The number of phenolic OH excluding ortho intramolecular Hbond substituents is 1. The number of benzene rings is 1. The molecule has 1 rings (SSSR count). The summed E-state index contributed by atoms with van der Waals surface area (Å²) in [5.41, 5.74) is 3.20. The van der Waals surface area contributed by atoms with Gasteiger partial charge in [0.15, 0.2) is 0 Å². The lowest BCUT2D eigenvalue weighted by atomic mass is 9.86. The lowest BCUT2D eigenvalue weighted by Crippen LogP contribution is -2.11. The Morgan fingerprint density at radius 3 is 2.08 bits per heavy atom. The molecule has 1 aromatic carbocycles. The molecule has 3 heteroatoms. The van der Waals surface area contributed by atoms with E-state index in [-0.39, 0.29) is 5.75 Å². The van der Waals surface area contributed by atoms with Gasteiger partial charge in [0.1, 0.15) is 13.6 Å². The summed E-state index contributed by atoms with van der Waals surface area (Å²) < 4.78 is 0. The summed E-state index contributed by atoms with van der Waals surface area (Å²) >= 11 is 5.83. The fourth-order valence-corrected chi connectivity index (χ4v) is 1.36. The third kappa shape index (κ3) is 1.20. The summed E-state index contributed by atoms with van der Waals surface area (Å²) in [5.74, 6) is -0.00253. The zero-order valence-electron chi connectivity index (χ0n) is 7.40. The van der Waals surface area contributed by atoms with E-state index in [0.29, 0.717) is 10.5 Å². The summed E-state index contributed by atoms with van der Waals surface area (Å²) in [5, 5.41) is 9.79. The summed E-state index contributed by atoms with van der Waals surface area (Å²) in [4.78, 5) is 0. The highest BCUT2D eigenvalue weighted by Crippen LogP contribution is 2.28. The van der Waals surface area contributed by atoms with Crippen LogP contribution >= 0.6 is 11.6 Å². The summed E-state index contributed by atoms with van der Waals surface area (Å²) in [6.07, 6.45) is 0. The first-order chi connectivity index (χ1) is 5.46. The van der Waals surface area contributed by atoms with Crippen LogP contribution in [0.5, 0.6) is 5.75 Å². The van der Waals surface area contributed by atoms with Crippen molar-refractivity contribution in [3.63, 3.8) is 0 Å². The van der Waals surface area contributed by atoms with Crippen molar-refractivity contribution < 1.29 is 5.11 Å². The van der Waals surface area contributed by atoms with Crippen LogP contribution in [0, 0.1) is 20.8 Å². The SMILES string of the molecule is [B]c1c(C)c(C)c(C)c(Cl)c1O. The van der Waals surface area contributed by atoms with Crippen molar-refractivity contribution in [2.45, 2.75) is 20.8 Å². The van der Waals surface area contributed by atoms with E-state index >= 15 is 0 Å². The molecule has 0 aromatic heterocycles. The van der Waals surface area contributed by atoms with E-state index in [1.165, 1.54) is 0 Å². The monoisotopic (exact) mass is 180 g/mol. The molecule has 12 heavy (non-hydrogen) atoms. The lowest BCUT2D eigenvalue weighted by Gasteiger charge is -2.12. The van der Waals surface area contributed by atoms with Crippen molar-refractivity contribution >= 4 is 24.9 Å². The maximum atomic E-state index is 9.44. The molecular formula is C9H10BClO. The van der Waals surface area contributed by atoms with Crippen molar-refractivity contribution in [1.82, 2.24) is 0 Å². The molecule has 1 aromatic rings. The van der Waals surface area contributed by atoms with E-state index in [1.807, 2.05) is 20.8 Å². The van der Waals surface area contributed by atoms with Crippen LogP contribution in [0.2, 0.25) is 5.02 Å². The first-order valence-corrected chi connectivity index (χ1v) is 4.08. The molecule has 0 saturated heterocycles. The van der Waals surface area contributed by atoms with Crippen LogP contribution in [0.3, 0.4) is 0 Å². The second-order valence-electron chi connectivity index (χ2n) is 2.95. The fourth-order valence-electron chi connectivity index (χ4n) is 1.12. The second kappa shape index (κ2) is 3.02. The molecule has 2 radical (unpaired) electrons. The van der Waals surface area contributed by atoms with E-state index in [9.17, 15) is 5.11 Å². The van der Waals surface area contributed by atoms with Gasteiger partial charge in [-0.15, -0.1) is 0 Å². The van der Waals surface area contributed by atoms with Crippen LogP contribution in [0.15, 0.2) is 0 Å². The Balaban J connectivity index is 3.60. The average molecular weight is 180 g/mol. The molecule has 0 aliphatic heterocycles. The number of halogens is 1. The topological polar surface area (TPSA) is 20.2 Å². The van der Waals surface area contributed by atoms with E-state index < -0.39 is 0 Å². The molecule has 0 saturated carbocycles. The molecule has 0 atom stereocenters. The molecule has 62 valence electrons. The molecule has 0 amide bonds. The predicted octanol–water partition coefficient (Wildman–Crippen LogP) is 1.76. The number of rotatable bonds is 0. The number of hydrogen-bond donors (Lipinski definition) is 1. The molecular weight excluding hydrogens is 170 g/mol. The highest BCUT2D eigenvalue weighted by atomic mass is 35.5. The quantitative estimate of drug-likeness (QED) is 0.603. The minimum atomic E-state index is -0.00253. The fraction of sp³-hybridized carbons (Fsp3) is 0.333.